The zero-order valence-corrected chi connectivity index (χ0v) is 17.6. The maximum atomic E-state index is 12.7. The van der Waals surface area contributed by atoms with Gasteiger partial charge >= 0.3 is 0 Å². The Balaban J connectivity index is 1.47. The quantitative estimate of drug-likeness (QED) is 0.652. The fourth-order valence-electron chi connectivity index (χ4n) is 3.27. The van der Waals surface area contributed by atoms with E-state index in [1.165, 1.54) is 22.3 Å². The number of hydrogen-bond donors (Lipinski definition) is 1. The highest BCUT2D eigenvalue weighted by molar-refractivity contribution is 7.13. The molecular weight excluding hydrogens is 400 g/mol. The van der Waals surface area contributed by atoms with Crippen LogP contribution in [0.1, 0.15) is 57.5 Å². The molecule has 0 atom stereocenters. The fraction of sp³-hybridized carbons (Fsp3) is 0.227. The average Bonchev–Trinajstić information content (AvgIpc) is 3.29. The molecule has 0 bridgehead atoms. The van der Waals surface area contributed by atoms with Crippen LogP contribution in [0.25, 0.3) is 10.6 Å². The fourth-order valence-corrected chi connectivity index (χ4v) is 4.08. The van der Waals surface area contributed by atoms with E-state index in [0.29, 0.717) is 11.1 Å². The summed E-state index contributed by atoms with van der Waals surface area (Å²) < 4.78 is 0. The second-order valence-electron chi connectivity index (χ2n) is 7.95. The lowest BCUT2D eigenvalue weighted by atomic mass is 10.1. The molecule has 0 aliphatic carbocycles. The first-order valence-corrected chi connectivity index (χ1v) is 10.3. The third kappa shape index (κ3) is 3.61. The summed E-state index contributed by atoms with van der Waals surface area (Å²) >= 11 is 1.48. The Hall–Kier alpha value is -3.39. The van der Waals surface area contributed by atoms with Crippen molar-refractivity contribution in [2.45, 2.75) is 32.9 Å². The highest BCUT2D eigenvalue weighted by Gasteiger charge is 2.42. The van der Waals surface area contributed by atoms with Gasteiger partial charge in [-0.1, -0.05) is 0 Å². The molecule has 4 rings (SSSR count). The number of carbonyl (C=O) groups excluding carboxylic acids is 3. The van der Waals surface area contributed by atoms with Gasteiger partial charge < -0.3 is 5.32 Å². The molecule has 7 nitrogen and oxygen atoms in total. The lowest BCUT2D eigenvalue weighted by Crippen LogP contribution is -2.45. The SMILES string of the molecule is CC(C)(C)N1C(=O)c2ccc(C(=O)NCc3csc(-c4cccnc4)n3)cc2C1=O. The van der Waals surface area contributed by atoms with E-state index in [4.69, 9.17) is 0 Å². The van der Waals surface area contributed by atoms with E-state index < -0.39 is 5.54 Å². The first-order chi connectivity index (χ1) is 14.3. The number of fused-ring (bicyclic) bond motifs is 1. The van der Waals surface area contributed by atoms with Crippen molar-refractivity contribution in [2.75, 3.05) is 0 Å². The minimum Gasteiger partial charge on any atom is -0.346 e. The molecule has 0 fully saturated rings. The van der Waals surface area contributed by atoms with Crippen molar-refractivity contribution in [2.24, 2.45) is 0 Å². The van der Waals surface area contributed by atoms with Crippen LogP contribution in [0.15, 0.2) is 48.1 Å². The van der Waals surface area contributed by atoms with Crippen molar-refractivity contribution < 1.29 is 14.4 Å². The third-order valence-electron chi connectivity index (χ3n) is 4.71. The van der Waals surface area contributed by atoms with Crippen molar-refractivity contribution in [1.82, 2.24) is 20.2 Å². The van der Waals surface area contributed by atoms with Crippen LogP contribution in [0.2, 0.25) is 0 Å². The lowest BCUT2D eigenvalue weighted by Gasteiger charge is -2.29. The molecule has 152 valence electrons. The molecular formula is C22H20N4O3S. The summed E-state index contributed by atoms with van der Waals surface area (Å²) in [6.07, 6.45) is 3.44. The molecule has 2 aromatic heterocycles. The summed E-state index contributed by atoms with van der Waals surface area (Å²) in [5.41, 5.74) is 1.94. The molecule has 1 aliphatic rings. The zero-order chi connectivity index (χ0) is 21.5. The Morgan fingerprint density at radius 2 is 1.90 bits per heavy atom. The largest absolute Gasteiger partial charge is 0.346 e. The second-order valence-corrected chi connectivity index (χ2v) is 8.80. The Bertz CT molecular complexity index is 1150. The minimum atomic E-state index is -0.633. The predicted octanol–water partition coefficient (Wildman–Crippen LogP) is 3.53. The van der Waals surface area contributed by atoms with Crippen molar-refractivity contribution >= 4 is 29.1 Å². The molecule has 8 heteroatoms. The van der Waals surface area contributed by atoms with Gasteiger partial charge in [0.1, 0.15) is 5.01 Å². The molecule has 1 aromatic carbocycles. The number of rotatable bonds is 4. The second kappa shape index (κ2) is 7.46. The highest BCUT2D eigenvalue weighted by Crippen LogP contribution is 2.30. The number of imide groups is 1. The number of aromatic nitrogens is 2. The van der Waals surface area contributed by atoms with Crippen LogP contribution < -0.4 is 5.32 Å². The lowest BCUT2D eigenvalue weighted by molar-refractivity contribution is 0.0507. The van der Waals surface area contributed by atoms with Gasteiger partial charge in [-0.15, -0.1) is 11.3 Å². The summed E-state index contributed by atoms with van der Waals surface area (Å²) in [5, 5.41) is 5.53. The van der Waals surface area contributed by atoms with E-state index in [1.807, 2.05) is 17.5 Å². The van der Waals surface area contributed by atoms with E-state index in [9.17, 15) is 14.4 Å². The van der Waals surface area contributed by atoms with Gasteiger partial charge in [-0.2, -0.15) is 0 Å². The third-order valence-corrected chi connectivity index (χ3v) is 5.65. The zero-order valence-electron chi connectivity index (χ0n) is 16.8. The predicted molar refractivity (Wildman–Crippen MR) is 113 cm³/mol. The van der Waals surface area contributed by atoms with E-state index in [0.717, 1.165) is 16.3 Å². The van der Waals surface area contributed by atoms with Gasteiger partial charge in [0.25, 0.3) is 17.7 Å². The Labute approximate surface area is 177 Å². The van der Waals surface area contributed by atoms with Crippen molar-refractivity contribution in [3.8, 4) is 10.6 Å². The monoisotopic (exact) mass is 420 g/mol. The van der Waals surface area contributed by atoms with Crippen molar-refractivity contribution in [3.63, 3.8) is 0 Å². The number of thiazole rings is 1. The topological polar surface area (TPSA) is 92.3 Å². The normalized spacial score (nSPS) is 13.5. The summed E-state index contributed by atoms with van der Waals surface area (Å²) in [7, 11) is 0. The molecule has 3 heterocycles. The van der Waals surface area contributed by atoms with Crippen LogP contribution in [0.4, 0.5) is 0 Å². The number of pyridine rings is 1. The van der Waals surface area contributed by atoms with Crippen LogP contribution in [0.5, 0.6) is 0 Å². The first kappa shape index (κ1) is 19.9. The van der Waals surface area contributed by atoms with E-state index in [2.05, 4.69) is 15.3 Å². The number of carbonyl (C=O) groups is 3. The summed E-state index contributed by atoms with van der Waals surface area (Å²) in [6, 6.07) is 8.36. The van der Waals surface area contributed by atoms with Gasteiger partial charge in [0, 0.05) is 34.4 Å². The van der Waals surface area contributed by atoms with E-state index in [1.54, 1.807) is 45.3 Å². The van der Waals surface area contributed by atoms with Gasteiger partial charge in [0.05, 0.1) is 23.4 Å². The van der Waals surface area contributed by atoms with Gasteiger partial charge in [0.15, 0.2) is 0 Å². The Morgan fingerprint density at radius 1 is 1.13 bits per heavy atom. The number of benzene rings is 1. The van der Waals surface area contributed by atoms with Gasteiger partial charge in [-0.05, 0) is 51.1 Å². The Morgan fingerprint density at radius 3 is 2.60 bits per heavy atom. The van der Waals surface area contributed by atoms with E-state index >= 15 is 0 Å². The van der Waals surface area contributed by atoms with Crippen molar-refractivity contribution in [1.29, 1.82) is 0 Å². The molecule has 0 spiro atoms. The van der Waals surface area contributed by atoms with Crippen LogP contribution in [-0.2, 0) is 6.54 Å². The molecule has 0 saturated carbocycles. The number of hydrogen-bond acceptors (Lipinski definition) is 6. The van der Waals surface area contributed by atoms with Gasteiger partial charge in [-0.25, -0.2) is 4.98 Å². The smallest absolute Gasteiger partial charge is 0.262 e. The van der Waals surface area contributed by atoms with Crippen LogP contribution in [0, 0.1) is 0 Å². The standard InChI is InChI=1S/C22H20N4O3S/c1-22(2,3)26-20(28)16-7-6-13(9-17(16)21(26)29)18(27)24-11-15-12-30-19(25-15)14-5-4-8-23-10-14/h4-10,12H,11H2,1-3H3,(H,24,27). The maximum absolute atomic E-state index is 12.7. The minimum absolute atomic E-state index is 0.258. The summed E-state index contributed by atoms with van der Waals surface area (Å²) in [6.45, 7) is 5.66. The molecule has 1 aliphatic heterocycles. The Kier molecular flexibility index (Phi) is 4.95. The molecule has 0 unspecified atom stereocenters. The number of amides is 3. The first-order valence-electron chi connectivity index (χ1n) is 9.41. The van der Waals surface area contributed by atoms with Crippen LogP contribution in [0.3, 0.4) is 0 Å². The average molecular weight is 420 g/mol. The molecule has 3 aromatic rings. The number of nitrogens with zero attached hydrogens (tertiary/aromatic N) is 3. The molecule has 30 heavy (non-hydrogen) atoms. The molecule has 0 saturated heterocycles. The van der Waals surface area contributed by atoms with Crippen molar-refractivity contribution in [3.05, 3.63) is 70.5 Å². The van der Waals surface area contributed by atoms with Crippen LogP contribution in [-0.4, -0.2) is 38.1 Å². The van der Waals surface area contributed by atoms with Gasteiger partial charge in [0.2, 0.25) is 0 Å². The van der Waals surface area contributed by atoms with Gasteiger partial charge in [-0.3, -0.25) is 24.3 Å². The molecule has 3 amide bonds. The molecule has 1 N–H and O–H groups in total. The highest BCUT2D eigenvalue weighted by atomic mass is 32.1. The van der Waals surface area contributed by atoms with Crippen LogP contribution >= 0.6 is 11.3 Å². The maximum Gasteiger partial charge on any atom is 0.262 e. The summed E-state index contributed by atoms with van der Waals surface area (Å²) in [5.74, 6) is -1.04. The summed E-state index contributed by atoms with van der Waals surface area (Å²) in [4.78, 5) is 47.7. The molecule has 0 radical (unpaired) electrons. The van der Waals surface area contributed by atoms with E-state index in [-0.39, 0.29) is 29.8 Å². The number of nitrogens with one attached hydrogen (secondary N) is 1.